The minimum absolute atomic E-state index is 0.0641. The van der Waals surface area contributed by atoms with E-state index < -0.39 is 9.84 Å². The van der Waals surface area contributed by atoms with Gasteiger partial charge in [0.25, 0.3) is 5.16 Å². The monoisotopic (exact) mass is 392 g/mol. The smallest absolute Gasteiger partial charge is 0.272 e. The first kappa shape index (κ1) is 19.6. The van der Waals surface area contributed by atoms with Crippen LogP contribution in [0.5, 0.6) is 0 Å². The van der Waals surface area contributed by atoms with Crippen molar-refractivity contribution in [2.75, 3.05) is 5.75 Å². The van der Waals surface area contributed by atoms with Crippen LogP contribution < -0.4 is 0 Å². The maximum Gasteiger partial charge on any atom is 0.272 e. The van der Waals surface area contributed by atoms with Crippen LogP contribution in [0.25, 0.3) is 5.69 Å². The second kappa shape index (κ2) is 7.85. The molecule has 1 saturated heterocycles. The number of ketones is 1. The number of ether oxygens (including phenoxy) is 1. The fraction of sp³-hybridized carbons (Fsp3) is 0.556. The van der Waals surface area contributed by atoms with Gasteiger partial charge >= 0.3 is 0 Å². The van der Waals surface area contributed by atoms with Gasteiger partial charge in [-0.05, 0) is 34.9 Å². The largest absolute Gasteiger partial charge is 0.369 e. The SMILES string of the molecule is CCC(=O)[C@@H](C)[C@H]1O[C@@H]1C[C@H](C)CS(=O)(=O)c1nnnn1-c1ccccc1. The molecule has 0 saturated carbocycles. The second-order valence-electron chi connectivity index (χ2n) is 7.08. The van der Waals surface area contributed by atoms with Crippen LogP contribution in [0.4, 0.5) is 0 Å². The van der Waals surface area contributed by atoms with Crippen molar-refractivity contribution in [1.29, 1.82) is 0 Å². The summed E-state index contributed by atoms with van der Waals surface area (Å²) in [5.41, 5.74) is 0.589. The number of carbonyl (C=O) groups is 1. The number of Topliss-reactive ketones (excluding diaryl/α,β-unsaturated/α-hetero) is 1. The molecule has 1 aromatic carbocycles. The zero-order valence-electron chi connectivity index (χ0n) is 15.6. The molecular weight excluding hydrogens is 368 g/mol. The lowest BCUT2D eigenvalue weighted by atomic mass is 9.95. The number of tetrazole rings is 1. The van der Waals surface area contributed by atoms with Crippen molar-refractivity contribution >= 4 is 15.6 Å². The molecule has 27 heavy (non-hydrogen) atoms. The molecule has 2 heterocycles. The first-order valence-electron chi connectivity index (χ1n) is 9.08. The molecule has 0 unspecified atom stereocenters. The number of sulfone groups is 1. The molecule has 3 rings (SSSR count). The Balaban J connectivity index is 1.65. The van der Waals surface area contributed by atoms with Gasteiger partial charge in [0.1, 0.15) is 5.78 Å². The predicted molar refractivity (Wildman–Crippen MR) is 98.1 cm³/mol. The van der Waals surface area contributed by atoms with Crippen molar-refractivity contribution in [3.63, 3.8) is 0 Å². The maximum atomic E-state index is 12.8. The number of epoxide rings is 1. The quantitative estimate of drug-likeness (QED) is 0.599. The third kappa shape index (κ3) is 4.41. The maximum absolute atomic E-state index is 12.8. The van der Waals surface area contributed by atoms with E-state index in [1.807, 2.05) is 26.8 Å². The normalized spacial score (nSPS) is 21.6. The third-order valence-corrected chi connectivity index (χ3v) is 6.65. The molecule has 1 aromatic heterocycles. The van der Waals surface area contributed by atoms with Crippen LogP contribution in [0.2, 0.25) is 0 Å². The van der Waals surface area contributed by atoms with E-state index in [2.05, 4.69) is 15.5 Å². The summed E-state index contributed by atoms with van der Waals surface area (Å²) in [6.07, 6.45) is 0.904. The molecule has 1 aliphatic heterocycles. The van der Waals surface area contributed by atoms with Gasteiger partial charge in [-0.25, -0.2) is 8.42 Å². The number of hydrogen-bond acceptors (Lipinski definition) is 7. The Morgan fingerprint density at radius 3 is 2.63 bits per heavy atom. The summed E-state index contributed by atoms with van der Waals surface area (Å²) in [4.78, 5) is 11.8. The van der Waals surface area contributed by atoms with Crippen molar-refractivity contribution in [3.05, 3.63) is 30.3 Å². The minimum atomic E-state index is -3.67. The second-order valence-corrected chi connectivity index (χ2v) is 9.01. The van der Waals surface area contributed by atoms with Crippen molar-refractivity contribution < 1.29 is 17.9 Å². The van der Waals surface area contributed by atoms with Crippen LogP contribution in [0.1, 0.15) is 33.6 Å². The summed E-state index contributed by atoms with van der Waals surface area (Å²) in [5, 5.41) is 10.9. The molecule has 146 valence electrons. The summed E-state index contributed by atoms with van der Waals surface area (Å²) in [5.74, 6) is -0.197. The number of carbonyl (C=O) groups excluding carboxylic acids is 1. The number of nitrogens with zero attached hydrogens (tertiary/aromatic N) is 4. The van der Waals surface area contributed by atoms with Gasteiger partial charge in [-0.1, -0.05) is 44.1 Å². The van der Waals surface area contributed by atoms with Gasteiger partial charge in [-0.3, -0.25) is 4.79 Å². The molecule has 0 N–H and O–H groups in total. The van der Waals surface area contributed by atoms with Gasteiger partial charge in [0.05, 0.1) is 23.6 Å². The number of para-hydroxylation sites is 1. The first-order chi connectivity index (χ1) is 12.8. The lowest BCUT2D eigenvalue weighted by molar-refractivity contribution is -0.122. The Bertz CT molecular complexity index is 897. The van der Waals surface area contributed by atoms with Gasteiger partial charge in [0.15, 0.2) is 0 Å². The van der Waals surface area contributed by atoms with Crippen molar-refractivity contribution in [1.82, 2.24) is 20.2 Å². The topological polar surface area (TPSA) is 107 Å². The lowest BCUT2D eigenvalue weighted by Crippen LogP contribution is -2.21. The van der Waals surface area contributed by atoms with E-state index in [1.54, 1.807) is 24.3 Å². The standard InChI is InChI=1S/C18H24N4O4S/c1-4-15(23)13(3)17-16(26-17)10-12(2)11-27(24,25)18-19-20-21-22(18)14-8-6-5-7-9-14/h5-9,12-13,16-17H,4,10-11H2,1-3H3/t12-,13+,16+,17+/m0/s1. The molecule has 0 amide bonds. The number of rotatable bonds is 9. The highest BCUT2D eigenvalue weighted by molar-refractivity contribution is 7.91. The Hall–Kier alpha value is -2.13. The highest BCUT2D eigenvalue weighted by atomic mass is 32.2. The van der Waals surface area contributed by atoms with Crippen LogP contribution >= 0.6 is 0 Å². The highest BCUT2D eigenvalue weighted by Crippen LogP contribution is 2.35. The van der Waals surface area contributed by atoms with E-state index >= 15 is 0 Å². The number of hydrogen-bond donors (Lipinski definition) is 0. The van der Waals surface area contributed by atoms with Crippen molar-refractivity contribution in [2.24, 2.45) is 11.8 Å². The van der Waals surface area contributed by atoms with Gasteiger partial charge in [0.2, 0.25) is 9.84 Å². The van der Waals surface area contributed by atoms with E-state index in [9.17, 15) is 13.2 Å². The van der Waals surface area contributed by atoms with Crippen LogP contribution in [-0.4, -0.2) is 52.4 Å². The molecule has 4 atom stereocenters. The molecule has 0 radical (unpaired) electrons. The van der Waals surface area contributed by atoms with Crippen LogP contribution in [0.3, 0.4) is 0 Å². The summed E-state index contributed by atoms with van der Waals surface area (Å²) >= 11 is 0. The summed E-state index contributed by atoms with van der Waals surface area (Å²) in [6, 6.07) is 8.90. The number of aromatic nitrogens is 4. The molecule has 0 aliphatic carbocycles. The van der Waals surface area contributed by atoms with Crippen LogP contribution in [0, 0.1) is 11.8 Å². The molecule has 9 heteroatoms. The van der Waals surface area contributed by atoms with Gasteiger partial charge in [-0.15, -0.1) is 0 Å². The minimum Gasteiger partial charge on any atom is -0.369 e. The predicted octanol–water partition coefficient (Wildman–Crippen LogP) is 1.84. The van der Waals surface area contributed by atoms with E-state index in [1.165, 1.54) is 4.68 Å². The Kier molecular flexibility index (Phi) is 5.71. The fourth-order valence-electron chi connectivity index (χ4n) is 3.31. The highest BCUT2D eigenvalue weighted by Gasteiger charge is 2.45. The molecular formula is C18H24N4O4S. The van der Waals surface area contributed by atoms with E-state index in [0.29, 0.717) is 18.5 Å². The van der Waals surface area contributed by atoms with E-state index in [0.717, 1.165) is 0 Å². The summed E-state index contributed by atoms with van der Waals surface area (Å²) < 4.78 is 32.5. The van der Waals surface area contributed by atoms with E-state index in [-0.39, 0.29) is 40.7 Å². The molecule has 8 nitrogen and oxygen atoms in total. The Morgan fingerprint density at radius 1 is 1.26 bits per heavy atom. The number of benzene rings is 1. The van der Waals surface area contributed by atoms with Crippen LogP contribution in [-0.2, 0) is 19.4 Å². The van der Waals surface area contributed by atoms with E-state index in [4.69, 9.17) is 4.74 Å². The van der Waals surface area contributed by atoms with Gasteiger partial charge in [-0.2, -0.15) is 4.68 Å². The Labute approximate surface area is 158 Å². The summed E-state index contributed by atoms with van der Waals surface area (Å²) in [6.45, 7) is 5.56. The van der Waals surface area contributed by atoms with Gasteiger partial charge < -0.3 is 4.74 Å². The molecule has 0 bridgehead atoms. The van der Waals surface area contributed by atoms with Crippen LogP contribution in [0.15, 0.2) is 35.5 Å². The first-order valence-corrected chi connectivity index (χ1v) is 10.7. The fourth-order valence-corrected chi connectivity index (χ4v) is 4.91. The molecule has 1 aliphatic rings. The molecule has 2 aromatic rings. The molecule has 1 fully saturated rings. The average molecular weight is 392 g/mol. The summed E-state index contributed by atoms with van der Waals surface area (Å²) in [7, 11) is -3.67. The zero-order chi connectivity index (χ0) is 19.6. The third-order valence-electron chi connectivity index (χ3n) is 4.83. The average Bonchev–Trinajstić information content (AvgIpc) is 3.20. The lowest BCUT2D eigenvalue weighted by Gasteiger charge is -2.11. The molecule has 0 spiro atoms. The van der Waals surface area contributed by atoms with Crippen molar-refractivity contribution in [2.45, 2.75) is 51.0 Å². The van der Waals surface area contributed by atoms with Gasteiger partial charge in [0, 0.05) is 12.3 Å². The Morgan fingerprint density at radius 2 is 1.96 bits per heavy atom. The zero-order valence-corrected chi connectivity index (χ0v) is 16.5. The van der Waals surface area contributed by atoms with Crippen molar-refractivity contribution in [3.8, 4) is 5.69 Å².